The fourth-order valence-electron chi connectivity index (χ4n) is 1.73. The molecule has 0 aliphatic carbocycles. The fraction of sp³-hybridized carbons (Fsp3) is 0.214. The summed E-state index contributed by atoms with van der Waals surface area (Å²) in [7, 11) is 0. The van der Waals surface area contributed by atoms with Gasteiger partial charge in [-0.2, -0.15) is 0 Å². The molecule has 3 nitrogen and oxygen atoms in total. The fourth-order valence-corrected chi connectivity index (χ4v) is 3.77. The standard InChI is InChI=1S/C14H16N2OS2/c1-9-3-4-10(2)12(7-9)19-8-11-5-6-18-13(11)14(17)16-15/h3-7H,8,15H2,1-2H3,(H,16,17). The molecule has 0 radical (unpaired) electrons. The molecular weight excluding hydrogens is 276 g/mol. The van der Waals surface area contributed by atoms with Gasteiger partial charge in [0, 0.05) is 10.6 Å². The maximum Gasteiger partial charge on any atom is 0.275 e. The topological polar surface area (TPSA) is 55.1 Å². The predicted molar refractivity (Wildman–Crippen MR) is 81.4 cm³/mol. The quantitative estimate of drug-likeness (QED) is 0.393. The van der Waals surface area contributed by atoms with Crippen LogP contribution in [0.3, 0.4) is 0 Å². The zero-order valence-corrected chi connectivity index (χ0v) is 12.5. The monoisotopic (exact) mass is 292 g/mol. The molecule has 100 valence electrons. The van der Waals surface area contributed by atoms with Crippen molar-refractivity contribution in [3.63, 3.8) is 0 Å². The number of carbonyl (C=O) groups excluding carboxylic acids is 1. The van der Waals surface area contributed by atoms with Crippen molar-refractivity contribution in [1.82, 2.24) is 5.43 Å². The molecule has 0 spiro atoms. The highest BCUT2D eigenvalue weighted by Gasteiger charge is 2.12. The van der Waals surface area contributed by atoms with Crippen LogP contribution in [0.5, 0.6) is 0 Å². The van der Waals surface area contributed by atoms with E-state index in [1.807, 2.05) is 11.4 Å². The Morgan fingerprint density at radius 1 is 1.37 bits per heavy atom. The van der Waals surface area contributed by atoms with E-state index < -0.39 is 0 Å². The van der Waals surface area contributed by atoms with E-state index >= 15 is 0 Å². The summed E-state index contributed by atoms with van der Waals surface area (Å²) in [5, 5.41) is 1.92. The average molecular weight is 292 g/mol. The number of hydrogen-bond acceptors (Lipinski definition) is 4. The molecule has 0 bridgehead atoms. The van der Waals surface area contributed by atoms with Crippen LogP contribution < -0.4 is 11.3 Å². The first-order valence-corrected chi connectivity index (χ1v) is 7.75. The first-order valence-electron chi connectivity index (χ1n) is 5.89. The number of hydrazine groups is 1. The van der Waals surface area contributed by atoms with Gasteiger partial charge in [-0.3, -0.25) is 10.2 Å². The minimum atomic E-state index is -0.216. The summed E-state index contributed by atoms with van der Waals surface area (Å²) in [6.07, 6.45) is 0. The summed E-state index contributed by atoms with van der Waals surface area (Å²) < 4.78 is 0. The second-order valence-corrected chi connectivity index (χ2v) is 6.24. The van der Waals surface area contributed by atoms with Gasteiger partial charge in [-0.15, -0.1) is 23.1 Å². The molecule has 2 aromatic rings. The molecule has 0 fully saturated rings. The van der Waals surface area contributed by atoms with Gasteiger partial charge in [0.2, 0.25) is 0 Å². The third-order valence-electron chi connectivity index (χ3n) is 2.81. The minimum Gasteiger partial charge on any atom is -0.289 e. The first-order chi connectivity index (χ1) is 9.11. The number of aryl methyl sites for hydroxylation is 2. The van der Waals surface area contributed by atoms with E-state index in [-0.39, 0.29) is 5.91 Å². The molecule has 0 unspecified atom stereocenters. The molecule has 1 aromatic carbocycles. The summed E-state index contributed by atoms with van der Waals surface area (Å²) >= 11 is 3.17. The van der Waals surface area contributed by atoms with Gasteiger partial charge < -0.3 is 0 Å². The van der Waals surface area contributed by atoms with Gasteiger partial charge in [-0.05, 0) is 42.5 Å². The molecule has 0 saturated carbocycles. The van der Waals surface area contributed by atoms with Crippen LogP contribution in [0.2, 0.25) is 0 Å². The van der Waals surface area contributed by atoms with Gasteiger partial charge in [-0.1, -0.05) is 17.7 Å². The maximum absolute atomic E-state index is 11.6. The third-order valence-corrected chi connectivity index (χ3v) is 4.97. The number of thioether (sulfide) groups is 1. The predicted octanol–water partition coefficient (Wildman–Crippen LogP) is 3.26. The lowest BCUT2D eigenvalue weighted by atomic mass is 10.2. The van der Waals surface area contributed by atoms with E-state index in [0.29, 0.717) is 4.88 Å². The van der Waals surface area contributed by atoms with Crippen LogP contribution in [-0.2, 0) is 5.75 Å². The highest BCUT2D eigenvalue weighted by atomic mass is 32.2. The van der Waals surface area contributed by atoms with Crippen molar-refractivity contribution in [3.8, 4) is 0 Å². The van der Waals surface area contributed by atoms with Crippen molar-refractivity contribution in [1.29, 1.82) is 0 Å². The van der Waals surface area contributed by atoms with E-state index in [1.54, 1.807) is 11.8 Å². The normalized spacial score (nSPS) is 10.5. The van der Waals surface area contributed by atoms with Gasteiger partial charge in [-0.25, -0.2) is 5.84 Å². The van der Waals surface area contributed by atoms with Crippen molar-refractivity contribution in [2.45, 2.75) is 24.5 Å². The number of thiophene rings is 1. The van der Waals surface area contributed by atoms with Crippen LogP contribution in [0, 0.1) is 13.8 Å². The summed E-state index contributed by atoms with van der Waals surface area (Å²) in [6.45, 7) is 4.18. The van der Waals surface area contributed by atoms with Crippen LogP contribution in [-0.4, -0.2) is 5.91 Å². The lowest BCUT2D eigenvalue weighted by Crippen LogP contribution is -2.29. The molecule has 0 saturated heterocycles. The second-order valence-electron chi connectivity index (χ2n) is 4.31. The Bertz CT molecular complexity index is 593. The SMILES string of the molecule is Cc1ccc(C)c(SCc2ccsc2C(=O)NN)c1. The third kappa shape index (κ3) is 3.37. The Morgan fingerprint density at radius 3 is 2.89 bits per heavy atom. The van der Waals surface area contributed by atoms with E-state index in [2.05, 4.69) is 37.5 Å². The van der Waals surface area contributed by atoms with E-state index in [4.69, 9.17) is 5.84 Å². The first kappa shape index (κ1) is 14.1. The number of nitrogens with one attached hydrogen (secondary N) is 1. The summed E-state index contributed by atoms with van der Waals surface area (Å²) in [5.74, 6) is 5.74. The number of nitrogens with two attached hydrogens (primary N) is 1. The van der Waals surface area contributed by atoms with E-state index in [1.165, 1.54) is 27.4 Å². The molecular formula is C14H16N2OS2. The Morgan fingerprint density at radius 2 is 2.16 bits per heavy atom. The van der Waals surface area contributed by atoms with Crippen LogP contribution in [0.4, 0.5) is 0 Å². The molecule has 0 aliphatic heterocycles. The summed E-state index contributed by atoms with van der Waals surface area (Å²) in [5.41, 5.74) is 5.72. The van der Waals surface area contributed by atoms with Gasteiger partial charge >= 0.3 is 0 Å². The van der Waals surface area contributed by atoms with Crippen molar-refractivity contribution < 1.29 is 4.79 Å². The van der Waals surface area contributed by atoms with Gasteiger partial charge in [0.05, 0.1) is 4.88 Å². The van der Waals surface area contributed by atoms with Crippen LogP contribution in [0.25, 0.3) is 0 Å². The zero-order valence-electron chi connectivity index (χ0n) is 10.9. The van der Waals surface area contributed by atoms with Crippen molar-refractivity contribution in [2.24, 2.45) is 5.84 Å². The summed E-state index contributed by atoms with van der Waals surface area (Å²) in [6, 6.07) is 8.39. The number of benzene rings is 1. The van der Waals surface area contributed by atoms with Crippen molar-refractivity contribution in [2.75, 3.05) is 0 Å². The number of amides is 1. The lowest BCUT2D eigenvalue weighted by Gasteiger charge is -2.07. The summed E-state index contributed by atoms with van der Waals surface area (Å²) in [4.78, 5) is 13.5. The molecule has 2 rings (SSSR count). The second kappa shape index (κ2) is 6.23. The Kier molecular flexibility index (Phi) is 4.63. The minimum absolute atomic E-state index is 0.216. The van der Waals surface area contributed by atoms with E-state index in [0.717, 1.165) is 11.3 Å². The number of hydrogen-bond donors (Lipinski definition) is 2. The number of carbonyl (C=O) groups is 1. The molecule has 5 heteroatoms. The molecule has 0 aliphatic rings. The molecule has 3 N–H and O–H groups in total. The van der Waals surface area contributed by atoms with Crippen LogP contribution in [0.1, 0.15) is 26.4 Å². The van der Waals surface area contributed by atoms with Crippen LogP contribution in [0.15, 0.2) is 34.5 Å². The Balaban J connectivity index is 2.13. The van der Waals surface area contributed by atoms with Crippen molar-refractivity contribution >= 4 is 29.0 Å². The Labute approximate surface area is 121 Å². The van der Waals surface area contributed by atoms with Crippen molar-refractivity contribution in [3.05, 3.63) is 51.2 Å². The highest BCUT2D eigenvalue weighted by Crippen LogP contribution is 2.29. The maximum atomic E-state index is 11.6. The molecule has 0 atom stereocenters. The van der Waals surface area contributed by atoms with E-state index in [9.17, 15) is 4.79 Å². The van der Waals surface area contributed by atoms with Crippen LogP contribution >= 0.6 is 23.1 Å². The molecule has 1 amide bonds. The average Bonchev–Trinajstić information content (AvgIpc) is 2.87. The van der Waals surface area contributed by atoms with Gasteiger partial charge in [0.1, 0.15) is 0 Å². The zero-order chi connectivity index (χ0) is 13.8. The molecule has 1 heterocycles. The van der Waals surface area contributed by atoms with Gasteiger partial charge in [0.15, 0.2) is 0 Å². The highest BCUT2D eigenvalue weighted by molar-refractivity contribution is 7.98. The Hall–Kier alpha value is -1.30. The lowest BCUT2D eigenvalue weighted by molar-refractivity contribution is 0.0957. The number of rotatable bonds is 4. The largest absolute Gasteiger partial charge is 0.289 e. The van der Waals surface area contributed by atoms with Gasteiger partial charge in [0.25, 0.3) is 5.91 Å². The molecule has 1 aromatic heterocycles. The molecule has 19 heavy (non-hydrogen) atoms. The number of nitrogen functional groups attached to an aromatic ring is 1. The smallest absolute Gasteiger partial charge is 0.275 e.